The van der Waals surface area contributed by atoms with E-state index in [9.17, 15) is 14.4 Å². The monoisotopic (exact) mass is 516 g/mol. The highest BCUT2D eigenvalue weighted by Crippen LogP contribution is 2.32. The van der Waals surface area contributed by atoms with Gasteiger partial charge in [-0.2, -0.15) is 0 Å². The van der Waals surface area contributed by atoms with Crippen LogP contribution in [0.2, 0.25) is 0 Å². The second-order valence-corrected chi connectivity index (χ2v) is 9.71. The van der Waals surface area contributed by atoms with Crippen LogP contribution in [0.1, 0.15) is 22.3 Å². The Bertz CT molecular complexity index is 1330. The van der Waals surface area contributed by atoms with Gasteiger partial charge in [0.15, 0.2) is 6.61 Å². The van der Waals surface area contributed by atoms with Crippen molar-refractivity contribution in [1.82, 2.24) is 4.90 Å². The number of carbonyl (C=O) groups excluding carboxylic acids is 3. The molecule has 0 saturated carbocycles. The summed E-state index contributed by atoms with van der Waals surface area (Å²) >= 11 is 0.905. The van der Waals surface area contributed by atoms with Crippen LogP contribution in [0, 0.1) is 20.8 Å². The van der Waals surface area contributed by atoms with Crippen LogP contribution in [0.5, 0.6) is 11.5 Å². The number of benzene rings is 3. The van der Waals surface area contributed by atoms with Gasteiger partial charge >= 0.3 is 0 Å². The minimum atomic E-state index is -0.342. The zero-order valence-electron chi connectivity index (χ0n) is 20.9. The maximum Gasteiger partial charge on any atom is 0.293 e. The summed E-state index contributed by atoms with van der Waals surface area (Å²) < 4.78 is 11.2. The fourth-order valence-corrected chi connectivity index (χ4v) is 4.46. The van der Waals surface area contributed by atoms with Crippen LogP contribution < -0.4 is 14.8 Å². The first-order valence-corrected chi connectivity index (χ1v) is 12.6. The third-order valence-corrected chi connectivity index (χ3v) is 6.60. The average molecular weight is 517 g/mol. The molecule has 0 bridgehead atoms. The summed E-state index contributed by atoms with van der Waals surface area (Å²) in [7, 11) is 0. The lowest BCUT2D eigenvalue weighted by atomic mass is 10.1. The fraction of sp³-hybridized carbons (Fsp3) is 0.207. The molecule has 8 heteroatoms. The van der Waals surface area contributed by atoms with E-state index in [1.807, 2.05) is 63.2 Å². The van der Waals surface area contributed by atoms with Crippen LogP contribution in [0.15, 0.2) is 71.6 Å². The van der Waals surface area contributed by atoms with Crippen LogP contribution in [0.3, 0.4) is 0 Å². The fourth-order valence-electron chi connectivity index (χ4n) is 3.60. The average Bonchev–Trinajstić information content (AvgIpc) is 3.14. The second kappa shape index (κ2) is 11.8. The van der Waals surface area contributed by atoms with Gasteiger partial charge in [-0.3, -0.25) is 19.3 Å². The van der Waals surface area contributed by atoms with E-state index in [-0.39, 0.29) is 36.8 Å². The summed E-state index contributed by atoms with van der Waals surface area (Å²) in [6.07, 6.45) is 1.67. The van der Waals surface area contributed by atoms with E-state index in [0.717, 1.165) is 39.7 Å². The van der Waals surface area contributed by atoms with Gasteiger partial charge in [-0.05, 0) is 85.6 Å². The lowest BCUT2D eigenvalue weighted by Crippen LogP contribution is -2.32. The van der Waals surface area contributed by atoms with Crippen molar-refractivity contribution in [2.75, 3.05) is 25.1 Å². The number of imide groups is 1. The summed E-state index contributed by atoms with van der Waals surface area (Å²) in [6, 6.07) is 20.4. The van der Waals surface area contributed by atoms with Crippen LogP contribution in [-0.4, -0.2) is 41.7 Å². The molecule has 1 aliphatic heterocycles. The van der Waals surface area contributed by atoms with Crippen molar-refractivity contribution < 1.29 is 23.9 Å². The zero-order chi connectivity index (χ0) is 26.4. The predicted molar refractivity (Wildman–Crippen MR) is 146 cm³/mol. The number of anilines is 1. The van der Waals surface area contributed by atoms with Crippen LogP contribution >= 0.6 is 11.8 Å². The highest BCUT2D eigenvalue weighted by Gasteiger charge is 2.34. The molecule has 1 aliphatic rings. The smallest absolute Gasteiger partial charge is 0.293 e. The van der Waals surface area contributed by atoms with Gasteiger partial charge in [-0.1, -0.05) is 42.0 Å². The lowest BCUT2D eigenvalue weighted by Gasteiger charge is -2.13. The number of thioether (sulfide) groups is 1. The number of nitrogens with one attached hydrogen (secondary N) is 1. The molecule has 0 atom stereocenters. The summed E-state index contributed by atoms with van der Waals surface area (Å²) in [6.45, 7) is 6.15. The normalized spacial score (nSPS) is 14.2. The first-order chi connectivity index (χ1) is 17.8. The van der Waals surface area contributed by atoms with Crippen LogP contribution in [0.25, 0.3) is 6.08 Å². The van der Waals surface area contributed by atoms with Crippen molar-refractivity contribution in [1.29, 1.82) is 0 Å². The number of hydrogen-bond acceptors (Lipinski definition) is 6. The molecule has 3 aromatic carbocycles. The first-order valence-electron chi connectivity index (χ1n) is 11.8. The molecule has 3 aromatic rings. The van der Waals surface area contributed by atoms with Crippen molar-refractivity contribution in [2.24, 2.45) is 0 Å². The number of hydrogen-bond donors (Lipinski definition) is 1. The zero-order valence-corrected chi connectivity index (χ0v) is 21.8. The molecule has 3 amide bonds. The molecule has 1 N–H and O–H groups in total. The minimum absolute atomic E-state index is 0.129. The van der Waals surface area contributed by atoms with Gasteiger partial charge in [-0.25, -0.2) is 0 Å². The molecule has 0 radical (unpaired) electrons. The van der Waals surface area contributed by atoms with E-state index in [1.165, 1.54) is 4.90 Å². The molecule has 0 spiro atoms. The first kappa shape index (κ1) is 26.0. The van der Waals surface area contributed by atoms with E-state index < -0.39 is 0 Å². The Kier molecular flexibility index (Phi) is 8.30. The molecule has 190 valence electrons. The quantitative estimate of drug-likeness (QED) is 0.365. The third-order valence-electron chi connectivity index (χ3n) is 5.69. The van der Waals surface area contributed by atoms with E-state index >= 15 is 0 Å². The number of amides is 3. The summed E-state index contributed by atoms with van der Waals surface area (Å²) in [5.74, 6) is 0.622. The van der Waals surface area contributed by atoms with Crippen molar-refractivity contribution in [3.63, 3.8) is 0 Å². The molecule has 0 unspecified atom stereocenters. The van der Waals surface area contributed by atoms with Gasteiger partial charge in [-0.15, -0.1) is 0 Å². The Morgan fingerprint density at radius 1 is 0.892 bits per heavy atom. The third kappa shape index (κ3) is 7.01. The molecular weight excluding hydrogens is 488 g/mol. The molecule has 4 rings (SSSR count). The largest absolute Gasteiger partial charge is 0.492 e. The van der Waals surface area contributed by atoms with Gasteiger partial charge in [0.25, 0.3) is 17.1 Å². The summed E-state index contributed by atoms with van der Waals surface area (Å²) in [5.41, 5.74) is 4.67. The van der Waals surface area contributed by atoms with E-state index in [1.54, 1.807) is 30.3 Å². The second-order valence-electron chi connectivity index (χ2n) is 8.72. The maximum absolute atomic E-state index is 12.7. The molecule has 0 aromatic heterocycles. The van der Waals surface area contributed by atoms with E-state index in [0.29, 0.717) is 16.4 Å². The van der Waals surface area contributed by atoms with Crippen molar-refractivity contribution >= 4 is 40.6 Å². The predicted octanol–water partition coefficient (Wildman–Crippen LogP) is 5.74. The van der Waals surface area contributed by atoms with E-state index in [4.69, 9.17) is 9.47 Å². The Morgan fingerprint density at radius 2 is 1.54 bits per heavy atom. The number of ether oxygens (including phenoxy) is 2. The topological polar surface area (TPSA) is 84.9 Å². The number of rotatable bonds is 9. The van der Waals surface area contributed by atoms with Gasteiger partial charge in [0.1, 0.15) is 18.1 Å². The summed E-state index contributed by atoms with van der Waals surface area (Å²) in [4.78, 5) is 38.9. The van der Waals surface area contributed by atoms with Gasteiger partial charge in [0.2, 0.25) is 0 Å². The molecule has 1 saturated heterocycles. The SMILES string of the molecule is Cc1ccc(OCCN2C(=O)S/C(=C\c3ccc(OCC(=O)Nc4cc(C)ccc4C)cc3)C2=O)cc1. The number of aryl methyl sites for hydroxylation is 3. The molecule has 37 heavy (non-hydrogen) atoms. The Labute approximate surface area is 220 Å². The highest BCUT2D eigenvalue weighted by atomic mass is 32.2. The van der Waals surface area contributed by atoms with Crippen LogP contribution in [-0.2, 0) is 9.59 Å². The molecule has 1 heterocycles. The number of nitrogens with zero attached hydrogens (tertiary/aromatic N) is 1. The molecule has 1 fully saturated rings. The van der Waals surface area contributed by atoms with Gasteiger partial charge in [0, 0.05) is 5.69 Å². The van der Waals surface area contributed by atoms with E-state index in [2.05, 4.69) is 5.32 Å². The molecular formula is C29H28N2O5S. The van der Waals surface area contributed by atoms with Crippen LogP contribution in [0.4, 0.5) is 10.5 Å². The highest BCUT2D eigenvalue weighted by molar-refractivity contribution is 8.18. The lowest BCUT2D eigenvalue weighted by molar-refractivity contribution is -0.123. The maximum atomic E-state index is 12.7. The van der Waals surface area contributed by atoms with Gasteiger partial charge in [0.05, 0.1) is 11.4 Å². The summed E-state index contributed by atoms with van der Waals surface area (Å²) in [5, 5.41) is 2.54. The number of carbonyl (C=O) groups is 3. The Hall–Kier alpha value is -4.04. The van der Waals surface area contributed by atoms with Crippen molar-refractivity contribution in [3.8, 4) is 11.5 Å². The molecule has 7 nitrogen and oxygen atoms in total. The minimum Gasteiger partial charge on any atom is -0.492 e. The van der Waals surface area contributed by atoms with Gasteiger partial charge < -0.3 is 14.8 Å². The Morgan fingerprint density at radius 3 is 2.27 bits per heavy atom. The van der Waals surface area contributed by atoms with Crippen molar-refractivity contribution in [2.45, 2.75) is 20.8 Å². The Balaban J connectivity index is 1.28. The standard InChI is InChI=1S/C29H28N2O5S/c1-19-5-10-23(11-6-19)35-15-14-31-28(33)26(37-29(31)34)17-22-8-12-24(13-9-22)36-18-27(32)30-25-16-20(2)4-7-21(25)3/h4-13,16-17H,14-15,18H2,1-3H3,(H,30,32)/b26-17-. The van der Waals surface area contributed by atoms with Crippen molar-refractivity contribution in [3.05, 3.63) is 93.9 Å². The molecule has 0 aliphatic carbocycles.